The zero-order valence-corrected chi connectivity index (χ0v) is 24.2. The van der Waals surface area contributed by atoms with Gasteiger partial charge in [-0.3, -0.25) is 0 Å². The molecule has 4 rings (SSSR count). The Balaban J connectivity index is 1.39. The lowest BCUT2D eigenvalue weighted by atomic mass is 9.87. The van der Waals surface area contributed by atoms with Crippen molar-refractivity contribution in [2.45, 2.75) is 78.6 Å². The molecule has 39 heavy (non-hydrogen) atoms. The van der Waals surface area contributed by atoms with Crippen LogP contribution in [0.3, 0.4) is 0 Å². The average Bonchev–Trinajstić information content (AvgIpc) is 2.92. The summed E-state index contributed by atoms with van der Waals surface area (Å²) >= 11 is 0. The lowest BCUT2D eigenvalue weighted by Gasteiger charge is -2.18. The van der Waals surface area contributed by atoms with Crippen molar-refractivity contribution in [1.82, 2.24) is 0 Å². The third-order valence-corrected chi connectivity index (χ3v) is 8.08. The molecule has 0 heterocycles. The highest BCUT2D eigenvalue weighted by Crippen LogP contribution is 2.24. The Morgan fingerprint density at radius 2 is 0.974 bits per heavy atom. The second-order valence-corrected chi connectivity index (χ2v) is 11.5. The minimum Gasteiger partial charge on any atom is -0.399 e. The molecule has 0 spiro atoms. The van der Waals surface area contributed by atoms with Crippen molar-refractivity contribution in [3.05, 3.63) is 129 Å². The van der Waals surface area contributed by atoms with Gasteiger partial charge in [0.25, 0.3) is 0 Å². The summed E-state index contributed by atoms with van der Waals surface area (Å²) in [7, 11) is 0. The number of anilines is 2. The van der Waals surface area contributed by atoms with Crippen molar-refractivity contribution in [3.8, 4) is 0 Å². The average molecular weight is 519 g/mol. The van der Waals surface area contributed by atoms with Crippen molar-refractivity contribution in [2.24, 2.45) is 5.92 Å². The molecular weight excluding hydrogens is 472 g/mol. The van der Waals surface area contributed by atoms with Crippen LogP contribution in [0.5, 0.6) is 0 Å². The lowest BCUT2D eigenvalue weighted by molar-refractivity contribution is 0.449. The molecule has 0 aliphatic rings. The van der Waals surface area contributed by atoms with Gasteiger partial charge in [-0.05, 0) is 121 Å². The monoisotopic (exact) mass is 518 g/mol. The van der Waals surface area contributed by atoms with Crippen LogP contribution >= 0.6 is 0 Å². The molecule has 0 bridgehead atoms. The van der Waals surface area contributed by atoms with Gasteiger partial charge in [-0.2, -0.15) is 0 Å². The second kappa shape index (κ2) is 14.0. The molecule has 0 saturated carbocycles. The number of benzene rings is 4. The fraction of sp³-hybridized carbons (Fsp3) is 0.351. The molecule has 4 N–H and O–H groups in total. The lowest BCUT2D eigenvalue weighted by Crippen LogP contribution is -2.09. The van der Waals surface area contributed by atoms with E-state index in [0.717, 1.165) is 37.1 Å². The van der Waals surface area contributed by atoms with Gasteiger partial charge in [0.05, 0.1) is 0 Å². The number of nitrogen functional groups attached to an aromatic ring is 2. The van der Waals surface area contributed by atoms with E-state index in [4.69, 9.17) is 11.5 Å². The quantitative estimate of drug-likeness (QED) is 0.137. The zero-order valence-electron chi connectivity index (χ0n) is 24.2. The van der Waals surface area contributed by atoms with Gasteiger partial charge in [-0.1, -0.05) is 93.3 Å². The Labute approximate surface area is 236 Å². The van der Waals surface area contributed by atoms with Gasteiger partial charge in [-0.15, -0.1) is 0 Å². The summed E-state index contributed by atoms with van der Waals surface area (Å²) in [5.74, 6) is 0.664. The van der Waals surface area contributed by atoms with E-state index in [2.05, 4.69) is 93.6 Å². The maximum Gasteiger partial charge on any atom is 0.0316 e. The van der Waals surface area contributed by atoms with Crippen molar-refractivity contribution >= 4 is 11.4 Å². The normalized spacial score (nSPS) is 11.3. The molecule has 0 radical (unpaired) electrons. The molecule has 0 amide bonds. The molecule has 2 nitrogen and oxygen atoms in total. The first-order chi connectivity index (χ1) is 18.9. The van der Waals surface area contributed by atoms with E-state index >= 15 is 0 Å². The summed E-state index contributed by atoms with van der Waals surface area (Å²) in [6.45, 7) is 6.59. The topological polar surface area (TPSA) is 52.0 Å². The van der Waals surface area contributed by atoms with Gasteiger partial charge < -0.3 is 11.5 Å². The van der Waals surface area contributed by atoms with Crippen molar-refractivity contribution < 1.29 is 0 Å². The van der Waals surface area contributed by atoms with Gasteiger partial charge in [0.2, 0.25) is 0 Å². The SMILES string of the molecule is CCCCCCC(Cc1ccc(Cc2ccc(N)cc2C)cc1)Cc1ccc(Cc2ccc(N)cc2C)cc1. The van der Waals surface area contributed by atoms with Crippen LogP contribution in [-0.2, 0) is 25.7 Å². The van der Waals surface area contributed by atoms with Crippen LogP contribution in [0.1, 0.15) is 83.5 Å². The number of aryl methyl sites for hydroxylation is 2. The Bertz CT molecular complexity index is 1220. The van der Waals surface area contributed by atoms with E-state index in [0.29, 0.717) is 5.92 Å². The first kappa shape index (κ1) is 28.5. The molecular formula is C37H46N2. The van der Waals surface area contributed by atoms with Crippen molar-refractivity contribution in [2.75, 3.05) is 11.5 Å². The minimum absolute atomic E-state index is 0.664. The molecule has 0 saturated heterocycles. The van der Waals surface area contributed by atoms with Crippen LogP contribution < -0.4 is 11.5 Å². The number of unbranched alkanes of at least 4 members (excludes halogenated alkanes) is 3. The van der Waals surface area contributed by atoms with E-state index in [9.17, 15) is 0 Å². The van der Waals surface area contributed by atoms with E-state index in [1.54, 1.807) is 0 Å². The Hall–Kier alpha value is -3.52. The molecule has 0 aliphatic heterocycles. The predicted octanol–water partition coefficient (Wildman–Crippen LogP) is 9.02. The summed E-state index contributed by atoms with van der Waals surface area (Å²) in [4.78, 5) is 0. The highest BCUT2D eigenvalue weighted by atomic mass is 14.5. The Kier molecular flexibility index (Phi) is 10.3. The molecule has 0 unspecified atom stereocenters. The first-order valence-corrected chi connectivity index (χ1v) is 14.7. The highest BCUT2D eigenvalue weighted by Gasteiger charge is 2.12. The van der Waals surface area contributed by atoms with Gasteiger partial charge in [0.1, 0.15) is 0 Å². The number of hydrogen-bond acceptors (Lipinski definition) is 2. The minimum atomic E-state index is 0.664. The van der Waals surface area contributed by atoms with Crippen LogP contribution in [0.4, 0.5) is 11.4 Å². The Morgan fingerprint density at radius 1 is 0.538 bits per heavy atom. The third-order valence-electron chi connectivity index (χ3n) is 8.08. The second-order valence-electron chi connectivity index (χ2n) is 11.5. The van der Waals surface area contributed by atoms with E-state index in [1.165, 1.54) is 76.6 Å². The number of nitrogens with two attached hydrogens (primary N) is 2. The largest absolute Gasteiger partial charge is 0.399 e. The van der Waals surface area contributed by atoms with E-state index in [-0.39, 0.29) is 0 Å². The van der Waals surface area contributed by atoms with Crippen LogP contribution in [0.2, 0.25) is 0 Å². The maximum atomic E-state index is 5.94. The standard InChI is InChI=1S/C37H46N2/c1-4-5-6-7-8-33(23-29-9-13-31(14-10-29)25-34-17-19-36(38)21-27(34)2)24-30-11-15-32(16-12-30)26-35-18-20-37(39)22-28(35)3/h9-22,33H,4-8,23-26,38-39H2,1-3H3. The molecule has 0 aromatic heterocycles. The molecule has 2 heteroatoms. The van der Waals surface area contributed by atoms with E-state index < -0.39 is 0 Å². The van der Waals surface area contributed by atoms with Crippen LogP contribution in [0.25, 0.3) is 0 Å². The number of hydrogen-bond donors (Lipinski definition) is 2. The van der Waals surface area contributed by atoms with Gasteiger partial charge in [0, 0.05) is 11.4 Å². The van der Waals surface area contributed by atoms with Crippen LogP contribution in [-0.4, -0.2) is 0 Å². The van der Waals surface area contributed by atoms with Crippen LogP contribution in [0.15, 0.2) is 84.9 Å². The maximum absolute atomic E-state index is 5.94. The van der Waals surface area contributed by atoms with Crippen molar-refractivity contribution in [3.63, 3.8) is 0 Å². The molecule has 204 valence electrons. The zero-order chi connectivity index (χ0) is 27.6. The van der Waals surface area contributed by atoms with Gasteiger partial charge in [0.15, 0.2) is 0 Å². The smallest absolute Gasteiger partial charge is 0.0316 e. The predicted molar refractivity (Wildman–Crippen MR) is 169 cm³/mol. The summed E-state index contributed by atoms with van der Waals surface area (Å²) in [5.41, 5.74) is 24.4. The third kappa shape index (κ3) is 8.75. The Morgan fingerprint density at radius 3 is 1.38 bits per heavy atom. The molecule has 4 aromatic rings. The fourth-order valence-corrected chi connectivity index (χ4v) is 5.66. The first-order valence-electron chi connectivity index (χ1n) is 14.7. The highest BCUT2D eigenvalue weighted by molar-refractivity contribution is 5.46. The summed E-state index contributed by atoms with van der Waals surface area (Å²) in [6.07, 6.45) is 10.8. The molecule has 0 aliphatic carbocycles. The molecule has 0 atom stereocenters. The van der Waals surface area contributed by atoms with E-state index in [1.807, 2.05) is 12.1 Å². The molecule has 4 aromatic carbocycles. The fourth-order valence-electron chi connectivity index (χ4n) is 5.66. The summed E-state index contributed by atoms with van der Waals surface area (Å²) in [5, 5.41) is 0. The number of rotatable bonds is 13. The summed E-state index contributed by atoms with van der Waals surface area (Å²) < 4.78 is 0. The summed E-state index contributed by atoms with van der Waals surface area (Å²) in [6, 6.07) is 31.1. The van der Waals surface area contributed by atoms with Gasteiger partial charge >= 0.3 is 0 Å². The van der Waals surface area contributed by atoms with Crippen molar-refractivity contribution in [1.29, 1.82) is 0 Å². The van der Waals surface area contributed by atoms with Crippen LogP contribution in [0, 0.1) is 19.8 Å². The van der Waals surface area contributed by atoms with Gasteiger partial charge in [-0.25, -0.2) is 0 Å². The molecule has 0 fully saturated rings.